The van der Waals surface area contributed by atoms with E-state index in [0.717, 1.165) is 11.1 Å². The molecule has 0 unspecified atom stereocenters. The van der Waals surface area contributed by atoms with Crippen LogP contribution in [0.1, 0.15) is 11.1 Å². The smallest absolute Gasteiger partial charge is 0.249 e. The lowest BCUT2D eigenvalue weighted by molar-refractivity contribution is -0.111. The maximum Gasteiger partial charge on any atom is 0.249 e. The van der Waals surface area contributed by atoms with Crippen molar-refractivity contribution in [2.75, 3.05) is 5.32 Å². The van der Waals surface area contributed by atoms with Gasteiger partial charge in [0.15, 0.2) is 5.82 Å². The lowest BCUT2D eigenvalue weighted by atomic mass is 10.2. The van der Waals surface area contributed by atoms with Crippen molar-refractivity contribution >= 4 is 29.4 Å². The summed E-state index contributed by atoms with van der Waals surface area (Å²) in [5.74, 6) is -0.268. The van der Waals surface area contributed by atoms with Gasteiger partial charge in [-0.25, -0.2) is 4.39 Å². The Morgan fingerprint density at radius 2 is 2.24 bits per heavy atom. The molecule has 0 saturated heterocycles. The van der Waals surface area contributed by atoms with Crippen LogP contribution in [0.25, 0.3) is 6.08 Å². The SMILES string of the molecule is Cn1cc(/C=C/C(=O)Nc2ccn(Cc3ccc(F)cc3Cl)n2)cn1. The van der Waals surface area contributed by atoms with Crippen LogP contribution in [0.15, 0.2) is 48.9 Å². The molecular formula is C17H15ClFN5O. The van der Waals surface area contributed by atoms with E-state index in [-0.39, 0.29) is 11.7 Å². The second kappa shape index (κ2) is 7.31. The molecule has 0 saturated carbocycles. The van der Waals surface area contributed by atoms with Gasteiger partial charge in [-0.2, -0.15) is 10.2 Å². The number of nitrogens with zero attached hydrogens (tertiary/aromatic N) is 4. The third-order valence-corrected chi connectivity index (χ3v) is 3.74. The second-order valence-electron chi connectivity index (χ2n) is 5.40. The van der Waals surface area contributed by atoms with E-state index in [0.29, 0.717) is 17.4 Å². The topological polar surface area (TPSA) is 64.7 Å². The first-order valence-corrected chi connectivity index (χ1v) is 7.82. The van der Waals surface area contributed by atoms with E-state index < -0.39 is 0 Å². The molecule has 0 fully saturated rings. The molecule has 3 aromatic rings. The Balaban J connectivity index is 1.61. The molecule has 2 aromatic heterocycles. The summed E-state index contributed by atoms with van der Waals surface area (Å²) in [5.41, 5.74) is 1.56. The Bertz CT molecular complexity index is 931. The van der Waals surface area contributed by atoms with Crippen LogP contribution in [0.3, 0.4) is 0 Å². The van der Waals surface area contributed by atoms with Crippen LogP contribution >= 0.6 is 11.6 Å². The minimum absolute atomic E-state index is 0.297. The van der Waals surface area contributed by atoms with Gasteiger partial charge in [-0.1, -0.05) is 17.7 Å². The van der Waals surface area contributed by atoms with Crippen LogP contribution in [0.4, 0.5) is 10.2 Å². The molecule has 25 heavy (non-hydrogen) atoms. The minimum Gasteiger partial charge on any atom is -0.306 e. The molecule has 0 spiro atoms. The Labute approximate surface area is 148 Å². The summed E-state index contributed by atoms with van der Waals surface area (Å²) < 4.78 is 16.3. The monoisotopic (exact) mass is 359 g/mol. The third kappa shape index (κ3) is 4.54. The van der Waals surface area contributed by atoms with Crippen LogP contribution in [-0.4, -0.2) is 25.5 Å². The molecule has 0 aliphatic rings. The van der Waals surface area contributed by atoms with Crippen molar-refractivity contribution in [3.05, 3.63) is 70.9 Å². The molecule has 6 nitrogen and oxygen atoms in total. The van der Waals surface area contributed by atoms with Crippen LogP contribution < -0.4 is 5.32 Å². The zero-order valence-electron chi connectivity index (χ0n) is 13.4. The highest BCUT2D eigenvalue weighted by atomic mass is 35.5. The maximum absolute atomic E-state index is 13.1. The molecule has 0 atom stereocenters. The first-order chi connectivity index (χ1) is 12.0. The van der Waals surface area contributed by atoms with E-state index in [4.69, 9.17) is 11.6 Å². The second-order valence-corrected chi connectivity index (χ2v) is 5.81. The van der Waals surface area contributed by atoms with Crippen molar-refractivity contribution < 1.29 is 9.18 Å². The summed E-state index contributed by atoms with van der Waals surface area (Å²) >= 11 is 6.00. The largest absolute Gasteiger partial charge is 0.306 e. The summed E-state index contributed by atoms with van der Waals surface area (Å²) in [6.45, 7) is 0.376. The van der Waals surface area contributed by atoms with Crippen molar-refractivity contribution in [3.8, 4) is 0 Å². The number of benzene rings is 1. The van der Waals surface area contributed by atoms with Crippen molar-refractivity contribution in [1.82, 2.24) is 19.6 Å². The van der Waals surface area contributed by atoms with E-state index in [1.807, 2.05) is 0 Å². The molecular weight excluding hydrogens is 345 g/mol. The first-order valence-electron chi connectivity index (χ1n) is 7.45. The van der Waals surface area contributed by atoms with Gasteiger partial charge in [0.05, 0.1) is 12.7 Å². The summed E-state index contributed by atoms with van der Waals surface area (Å²) in [7, 11) is 1.80. The van der Waals surface area contributed by atoms with Crippen LogP contribution in [-0.2, 0) is 18.4 Å². The van der Waals surface area contributed by atoms with Crippen LogP contribution in [0, 0.1) is 5.82 Å². The normalized spacial score (nSPS) is 11.2. The number of anilines is 1. The molecule has 0 aliphatic carbocycles. The van der Waals surface area contributed by atoms with Gasteiger partial charge in [0.2, 0.25) is 5.91 Å². The highest BCUT2D eigenvalue weighted by molar-refractivity contribution is 6.31. The van der Waals surface area contributed by atoms with Gasteiger partial charge in [0.25, 0.3) is 0 Å². The van der Waals surface area contributed by atoms with Crippen molar-refractivity contribution in [1.29, 1.82) is 0 Å². The maximum atomic E-state index is 13.1. The standard InChI is InChI=1S/C17H15ClFN5O/c1-23-10-12(9-20-23)2-5-17(25)21-16-6-7-24(22-16)11-13-3-4-14(19)8-15(13)18/h2-10H,11H2,1H3,(H,21,22,25)/b5-2+. The van der Waals surface area contributed by atoms with Crippen molar-refractivity contribution in [3.63, 3.8) is 0 Å². The van der Waals surface area contributed by atoms with Gasteiger partial charge in [-0.3, -0.25) is 14.2 Å². The predicted octanol–water partition coefficient (Wildman–Crippen LogP) is 3.11. The zero-order valence-corrected chi connectivity index (χ0v) is 14.1. The highest BCUT2D eigenvalue weighted by Crippen LogP contribution is 2.18. The van der Waals surface area contributed by atoms with Gasteiger partial charge in [-0.15, -0.1) is 0 Å². The summed E-state index contributed by atoms with van der Waals surface area (Å²) in [6.07, 6.45) is 8.24. The molecule has 128 valence electrons. The number of aryl methyl sites for hydroxylation is 1. The lowest BCUT2D eigenvalue weighted by Gasteiger charge is -2.04. The molecule has 1 amide bonds. The number of hydrogen-bond acceptors (Lipinski definition) is 3. The van der Waals surface area contributed by atoms with E-state index in [2.05, 4.69) is 15.5 Å². The zero-order chi connectivity index (χ0) is 17.8. The van der Waals surface area contributed by atoms with Gasteiger partial charge in [0.1, 0.15) is 5.82 Å². The Morgan fingerprint density at radius 3 is 2.96 bits per heavy atom. The molecule has 0 radical (unpaired) electrons. The minimum atomic E-state index is -0.387. The number of hydrogen-bond donors (Lipinski definition) is 1. The molecule has 0 bridgehead atoms. The van der Waals surface area contributed by atoms with E-state index in [1.165, 1.54) is 18.2 Å². The van der Waals surface area contributed by atoms with Crippen molar-refractivity contribution in [2.24, 2.45) is 7.05 Å². The molecule has 8 heteroatoms. The van der Waals surface area contributed by atoms with E-state index >= 15 is 0 Å². The van der Waals surface area contributed by atoms with Crippen LogP contribution in [0.2, 0.25) is 5.02 Å². The average molecular weight is 360 g/mol. The summed E-state index contributed by atoms with van der Waals surface area (Å²) in [6, 6.07) is 5.88. The fraction of sp³-hybridized carbons (Fsp3) is 0.118. The number of carbonyl (C=O) groups is 1. The summed E-state index contributed by atoms with van der Waals surface area (Å²) in [5, 5.41) is 11.3. The Hall–Kier alpha value is -2.93. The quantitative estimate of drug-likeness (QED) is 0.712. The van der Waals surface area contributed by atoms with Gasteiger partial charge in [0, 0.05) is 42.2 Å². The predicted molar refractivity (Wildman–Crippen MR) is 93.6 cm³/mol. The molecule has 2 heterocycles. The molecule has 1 N–H and O–H groups in total. The van der Waals surface area contributed by atoms with E-state index in [1.54, 1.807) is 53.2 Å². The molecule has 3 rings (SSSR count). The van der Waals surface area contributed by atoms with Crippen LogP contribution in [0.5, 0.6) is 0 Å². The first kappa shape index (κ1) is 16.9. The third-order valence-electron chi connectivity index (χ3n) is 3.39. The summed E-state index contributed by atoms with van der Waals surface area (Å²) in [4.78, 5) is 11.9. The number of halogens is 2. The Kier molecular flexibility index (Phi) is 4.95. The number of aromatic nitrogens is 4. The molecule has 1 aromatic carbocycles. The van der Waals surface area contributed by atoms with Gasteiger partial charge < -0.3 is 5.32 Å². The average Bonchev–Trinajstić information content (AvgIpc) is 3.17. The van der Waals surface area contributed by atoms with Gasteiger partial charge in [-0.05, 0) is 23.8 Å². The lowest BCUT2D eigenvalue weighted by Crippen LogP contribution is -2.09. The highest BCUT2D eigenvalue weighted by Gasteiger charge is 2.06. The number of nitrogens with one attached hydrogen (secondary N) is 1. The van der Waals surface area contributed by atoms with Gasteiger partial charge >= 0.3 is 0 Å². The van der Waals surface area contributed by atoms with Crippen molar-refractivity contribution in [2.45, 2.75) is 6.54 Å². The fourth-order valence-corrected chi connectivity index (χ4v) is 2.43. The molecule has 0 aliphatic heterocycles. The number of amides is 1. The number of carbonyl (C=O) groups excluding carboxylic acids is 1. The fourth-order valence-electron chi connectivity index (χ4n) is 2.21. The van der Waals surface area contributed by atoms with E-state index in [9.17, 15) is 9.18 Å². The Morgan fingerprint density at radius 1 is 1.40 bits per heavy atom. The number of rotatable bonds is 5.